The number of ketones is 2. The van der Waals surface area contributed by atoms with Gasteiger partial charge in [0, 0.05) is 22.3 Å². The van der Waals surface area contributed by atoms with Crippen LogP contribution in [-0.4, -0.2) is 33.7 Å². The summed E-state index contributed by atoms with van der Waals surface area (Å²) in [6.07, 6.45) is 0. The van der Waals surface area contributed by atoms with Crippen molar-refractivity contribution >= 4 is 23.5 Å². The summed E-state index contributed by atoms with van der Waals surface area (Å²) in [6.45, 7) is 0. The fraction of sp³-hybridized carbons (Fsp3) is 0. The summed E-state index contributed by atoms with van der Waals surface area (Å²) < 4.78 is 0. The van der Waals surface area contributed by atoms with Gasteiger partial charge in [-0.3, -0.25) is 9.59 Å². The quantitative estimate of drug-likeness (QED) is 0.747. The van der Waals surface area contributed by atoms with Gasteiger partial charge >= 0.3 is 11.9 Å². The number of carboxylic acids is 2. The van der Waals surface area contributed by atoms with Gasteiger partial charge in [-0.1, -0.05) is 0 Å². The van der Waals surface area contributed by atoms with Crippen LogP contribution in [0, 0.1) is 0 Å². The Morgan fingerprint density at radius 1 is 0.636 bits per heavy atom. The zero-order valence-corrected chi connectivity index (χ0v) is 11.0. The minimum absolute atomic E-state index is 0.0143. The first-order valence-electron chi connectivity index (χ1n) is 6.24. The molecule has 2 aromatic rings. The second-order valence-corrected chi connectivity index (χ2v) is 4.79. The molecule has 0 saturated carbocycles. The molecule has 3 rings (SSSR count). The third kappa shape index (κ3) is 1.89. The largest absolute Gasteiger partial charge is 0.478 e. The van der Waals surface area contributed by atoms with Gasteiger partial charge in [-0.05, 0) is 36.4 Å². The summed E-state index contributed by atoms with van der Waals surface area (Å²) in [5, 5.41) is 17.9. The van der Waals surface area contributed by atoms with E-state index < -0.39 is 23.5 Å². The molecule has 2 aromatic carbocycles. The Morgan fingerprint density at radius 3 is 1.32 bits per heavy atom. The molecule has 2 N–H and O–H groups in total. The molecular formula is C16H8O6. The van der Waals surface area contributed by atoms with E-state index >= 15 is 0 Å². The molecule has 6 nitrogen and oxygen atoms in total. The Labute approximate surface area is 123 Å². The lowest BCUT2D eigenvalue weighted by molar-refractivity contribution is 0.0685. The lowest BCUT2D eigenvalue weighted by atomic mass is 9.82. The first kappa shape index (κ1) is 13.7. The van der Waals surface area contributed by atoms with Crippen molar-refractivity contribution in [1.82, 2.24) is 0 Å². The second kappa shape index (κ2) is 4.63. The minimum Gasteiger partial charge on any atom is -0.478 e. The monoisotopic (exact) mass is 296 g/mol. The van der Waals surface area contributed by atoms with Gasteiger partial charge in [0.15, 0.2) is 11.6 Å². The number of carbonyl (C=O) groups is 4. The normalized spacial score (nSPS) is 12.5. The number of carboxylic acid groups (broad SMARTS) is 2. The number of hydrogen-bond acceptors (Lipinski definition) is 4. The summed E-state index contributed by atoms with van der Waals surface area (Å²) in [5.41, 5.74) is -0.00737. The van der Waals surface area contributed by atoms with Gasteiger partial charge in [-0.2, -0.15) is 0 Å². The predicted octanol–water partition coefficient (Wildman–Crippen LogP) is 1.86. The maximum absolute atomic E-state index is 12.4. The molecule has 0 aliphatic heterocycles. The summed E-state index contributed by atoms with van der Waals surface area (Å²) in [5.74, 6) is -3.39. The van der Waals surface area contributed by atoms with E-state index in [-0.39, 0.29) is 33.4 Å². The summed E-state index contributed by atoms with van der Waals surface area (Å²) in [4.78, 5) is 46.8. The van der Waals surface area contributed by atoms with E-state index in [0.717, 1.165) is 12.1 Å². The average molecular weight is 296 g/mol. The standard InChI is InChI=1S/C16H8O6/c17-13-9-3-1-7(15(19)20)5-11(9)14(18)10-4-2-8(16(21)22)6-12(10)13/h1-6H,(H,19,20)(H,21,22). The van der Waals surface area contributed by atoms with Crippen LogP contribution < -0.4 is 0 Å². The molecule has 0 aromatic heterocycles. The van der Waals surface area contributed by atoms with Gasteiger partial charge in [0.05, 0.1) is 11.1 Å². The molecule has 0 spiro atoms. The number of rotatable bonds is 2. The Bertz CT molecular complexity index is 805. The van der Waals surface area contributed by atoms with E-state index in [1.54, 1.807) is 0 Å². The molecule has 0 unspecified atom stereocenters. The molecule has 1 aliphatic rings. The molecular weight excluding hydrogens is 288 g/mol. The number of benzene rings is 2. The van der Waals surface area contributed by atoms with Crippen LogP contribution in [-0.2, 0) is 0 Å². The molecule has 0 amide bonds. The highest BCUT2D eigenvalue weighted by atomic mass is 16.4. The lowest BCUT2D eigenvalue weighted by Crippen LogP contribution is -2.22. The Morgan fingerprint density at radius 2 is 1.00 bits per heavy atom. The van der Waals surface area contributed by atoms with E-state index in [1.165, 1.54) is 24.3 Å². The number of carbonyl (C=O) groups excluding carboxylic acids is 2. The molecule has 0 atom stereocenters. The first-order chi connectivity index (χ1) is 10.4. The van der Waals surface area contributed by atoms with Crippen LogP contribution in [0.5, 0.6) is 0 Å². The van der Waals surface area contributed by atoms with Crippen LogP contribution in [0.3, 0.4) is 0 Å². The fourth-order valence-electron chi connectivity index (χ4n) is 2.42. The summed E-state index contributed by atoms with van der Waals surface area (Å²) in [6, 6.07) is 7.33. The van der Waals surface area contributed by atoms with E-state index in [4.69, 9.17) is 10.2 Å². The van der Waals surface area contributed by atoms with E-state index in [9.17, 15) is 19.2 Å². The maximum Gasteiger partial charge on any atom is 0.335 e. The van der Waals surface area contributed by atoms with Crippen LogP contribution in [0.1, 0.15) is 52.6 Å². The van der Waals surface area contributed by atoms with Gasteiger partial charge in [-0.25, -0.2) is 9.59 Å². The van der Waals surface area contributed by atoms with Crippen molar-refractivity contribution in [2.45, 2.75) is 0 Å². The van der Waals surface area contributed by atoms with Crippen molar-refractivity contribution in [3.05, 3.63) is 69.8 Å². The maximum atomic E-state index is 12.4. The van der Waals surface area contributed by atoms with Crippen LogP contribution >= 0.6 is 0 Å². The van der Waals surface area contributed by atoms with Gasteiger partial charge in [-0.15, -0.1) is 0 Å². The third-order valence-electron chi connectivity index (χ3n) is 3.51. The highest BCUT2D eigenvalue weighted by molar-refractivity contribution is 6.29. The lowest BCUT2D eigenvalue weighted by Gasteiger charge is -2.18. The fourth-order valence-corrected chi connectivity index (χ4v) is 2.42. The zero-order chi connectivity index (χ0) is 16.0. The molecule has 0 radical (unpaired) electrons. The first-order valence-corrected chi connectivity index (χ1v) is 6.24. The summed E-state index contributed by atoms with van der Waals surface area (Å²) in [7, 11) is 0. The SMILES string of the molecule is O=C(O)c1ccc2c(c1)C(=O)c1ccc(C(=O)O)cc1C2=O. The topological polar surface area (TPSA) is 109 Å². The van der Waals surface area contributed by atoms with Crippen molar-refractivity contribution in [2.75, 3.05) is 0 Å². The molecule has 1 aliphatic carbocycles. The second-order valence-electron chi connectivity index (χ2n) is 4.79. The van der Waals surface area contributed by atoms with E-state index in [2.05, 4.69) is 0 Å². The van der Waals surface area contributed by atoms with E-state index in [1.807, 2.05) is 0 Å². The average Bonchev–Trinajstić information content (AvgIpc) is 2.51. The molecule has 6 heteroatoms. The number of fused-ring (bicyclic) bond motifs is 2. The van der Waals surface area contributed by atoms with Crippen LogP contribution in [0.25, 0.3) is 0 Å². The van der Waals surface area contributed by atoms with Crippen LogP contribution in [0.2, 0.25) is 0 Å². The van der Waals surface area contributed by atoms with Crippen LogP contribution in [0.4, 0.5) is 0 Å². The molecule has 0 fully saturated rings. The van der Waals surface area contributed by atoms with Crippen molar-refractivity contribution in [3.63, 3.8) is 0 Å². The molecule has 22 heavy (non-hydrogen) atoms. The molecule has 0 heterocycles. The van der Waals surface area contributed by atoms with Crippen molar-refractivity contribution in [3.8, 4) is 0 Å². The molecule has 0 saturated heterocycles. The highest BCUT2D eigenvalue weighted by Crippen LogP contribution is 2.28. The van der Waals surface area contributed by atoms with E-state index in [0.29, 0.717) is 0 Å². The van der Waals surface area contributed by atoms with Crippen molar-refractivity contribution < 1.29 is 29.4 Å². The van der Waals surface area contributed by atoms with Gasteiger partial charge in [0.1, 0.15) is 0 Å². The van der Waals surface area contributed by atoms with Gasteiger partial charge in [0.2, 0.25) is 0 Å². The Hall–Kier alpha value is -3.28. The Balaban J connectivity index is 2.22. The van der Waals surface area contributed by atoms with Crippen molar-refractivity contribution in [2.24, 2.45) is 0 Å². The van der Waals surface area contributed by atoms with Crippen molar-refractivity contribution in [1.29, 1.82) is 0 Å². The smallest absolute Gasteiger partial charge is 0.335 e. The minimum atomic E-state index is -1.20. The van der Waals surface area contributed by atoms with Gasteiger partial charge < -0.3 is 10.2 Å². The summed E-state index contributed by atoms with van der Waals surface area (Å²) >= 11 is 0. The van der Waals surface area contributed by atoms with Crippen LogP contribution in [0.15, 0.2) is 36.4 Å². The van der Waals surface area contributed by atoms with Gasteiger partial charge in [0.25, 0.3) is 0 Å². The predicted molar refractivity (Wildman–Crippen MR) is 73.7 cm³/mol. The number of aromatic carboxylic acids is 2. The third-order valence-corrected chi connectivity index (χ3v) is 3.51. The highest BCUT2D eigenvalue weighted by Gasteiger charge is 2.31. The number of hydrogen-bond donors (Lipinski definition) is 2. The Kier molecular flexibility index (Phi) is 2.88. The zero-order valence-electron chi connectivity index (χ0n) is 11.0. The molecule has 0 bridgehead atoms. The molecule has 108 valence electrons.